The fourth-order valence-electron chi connectivity index (χ4n) is 2.34. The molecule has 3 N–H and O–H groups in total. The van der Waals surface area contributed by atoms with Gasteiger partial charge in [-0.05, 0) is 37.4 Å². The number of guanidine groups is 1. The molecule has 27 heavy (non-hydrogen) atoms. The molecule has 2 aromatic rings. The van der Waals surface area contributed by atoms with Crippen LogP contribution in [-0.4, -0.2) is 31.3 Å². The molecule has 0 atom stereocenters. The number of hydrogen-bond donors (Lipinski definition) is 2. The summed E-state index contributed by atoms with van der Waals surface area (Å²) in [5, 5.41) is 2.66. The molecule has 0 saturated carbocycles. The van der Waals surface area contributed by atoms with Gasteiger partial charge in [-0.15, -0.1) is 37.1 Å². The third-order valence-corrected chi connectivity index (χ3v) is 3.40. The van der Waals surface area contributed by atoms with Crippen molar-refractivity contribution in [3.05, 3.63) is 59.7 Å². The van der Waals surface area contributed by atoms with Crippen LogP contribution in [0.4, 0.5) is 18.9 Å². The van der Waals surface area contributed by atoms with Gasteiger partial charge in [-0.25, -0.2) is 4.99 Å². The van der Waals surface area contributed by atoms with E-state index in [-0.39, 0.29) is 41.4 Å². The Morgan fingerprint density at radius 3 is 2.30 bits per heavy atom. The Kier molecular flexibility index (Phi) is 8.83. The monoisotopic (exact) mass is 494 g/mol. The lowest BCUT2D eigenvalue weighted by atomic mass is 10.1. The number of nitrogens with zero attached hydrogens (tertiary/aromatic N) is 2. The number of halogens is 4. The Bertz CT molecular complexity index is 766. The maximum Gasteiger partial charge on any atom is 0.573 e. The molecule has 0 aliphatic rings. The van der Waals surface area contributed by atoms with Gasteiger partial charge < -0.3 is 20.7 Å². The first-order valence-electron chi connectivity index (χ1n) is 7.88. The van der Waals surface area contributed by atoms with E-state index in [9.17, 15) is 13.2 Å². The van der Waals surface area contributed by atoms with Gasteiger partial charge in [0, 0.05) is 6.54 Å². The molecule has 0 aliphatic carbocycles. The molecule has 148 valence electrons. The predicted octanol–water partition coefficient (Wildman–Crippen LogP) is 4.19. The molecule has 0 fully saturated rings. The number of hydrogen-bond acceptors (Lipinski definition) is 3. The summed E-state index contributed by atoms with van der Waals surface area (Å²) in [7, 11) is 3.93. The third kappa shape index (κ3) is 8.04. The second-order valence-corrected chi connectivity index (χ2v) is 5.88. The molecule has 0 bridgehead atoms. The van der Waals surface area contributed by atoms with Crippen molar-refractivity contribution in [3.63, 3.8) is 0 Å². The highest BCUT2D eigenvalue weighted by Crippen LogP contribution is 2.29. The SMILES string of the molecule is CN(C)Cc1ccccc1CN=C(N)Nc1ccccc1OC(F)(F)F.I. The predicted molar refractivity (Wildman–Crippen MR) is 111 cm³/mol. The molecule has 0 amide bonds. The van der Waals surface area contributed by atoms with Gasteiger partial charge in [0.25, 0.3) is 0 Å². The van der Waals surface area contributed by atoms with E-state index in [1.165, 1.54) is 18.2 Å². The Morgan fingerprint density at radius 2 is 1.67 bits per heavy atom. The Morgan fingerprint density at radius 1 is 1.07 bits per heavy atom. The Balaban J connectivity index is 0.00000364. The highest BCUT2D eigenvalue weighted by atomic mass is 127. The molecular formula is C18H22F3IN4O. The minimum absolute atomic E-state index is 0. The van der Waals surface area contributed by atoms with Gasteiger partial charge in [0.05, 0.1) is 12.2 Å². The van der Waals surface area contributed by atoms with E-state index in [4.69, 9.17) is 5.73 Å². The van der Waals surface area contributed by atoms with E-state index in [1.54, 1.807) is 6.07 Å². The summed E-state index contributed by atoms with van der Waals surface area (Å²) in [5.41, 5.74) is 8.02. The van der Waals surface area contributed by atoms with Crippen LogP contribution in [0.5, 0.6) is 5.75 Å². The van der Waals surface area contributed by atoms with Crippen LogP contribution in [0, 0.1) is 0 Å². The van der Waals surface area contributed by atoms with Crippen molar-refractivity contribution in [2.45, 2.75) is 19.5 Å². The molecule has 0 radical (unpaired) electrons. The topological polar surface area (TPSA) is 62.9 Å². The van der Waals surface area contributed by atoms with Crippen molar-refractivity contribution in [2.24, 2.45) is 10.7 Å². The lowest BCUT2D eigenvalue weighted by molar-refractivity contribution is -0.274. The first-order valence-corrected chi connectivity index (χ1v) is 7.88. The van der Waals surface area contributed by atoms with Crippen LogP contribution in [-0.2, 0) is 13.1 Å². The summed E-state index contributed by atoms with van der Waals surface area (Å²) in [4.78, 5) is 6.26. The van der Waals surface area contributed by atoms with Crippen LogP contribution in [0.1, 0.15) is 11.1 Å². The molecule has 2 rings (SSSR count). The van der Waals surface area contributed by atoms with Crippen LogP contribution < -0.4 is 15.8 Å². The molecule has 0 spiro atoms. The van der Waals surface area contributed by atoms with Crippen molar-refractivity contribution < 1.29 is 17.9 Å². The number of alkyl halides is 3. The van der Waals surface area contributed by atoms with Crippen molar-refractivity contribution >= 4 is 35.6 Å². The van der Waals surface area contributed by atoms with Gasteiger partial charge in [0.1, 0.15) is 0 Å². The second kappa shape index (κ2) is 10.4. The second-order valence-electron chi connectivity index (χ2n) is 5.88. The van der Waals surface area contributed by atoms with Gasteiger partial charge in [-0.3, -0.25) is 0 Å². The van der Waals surface area contributed by atoms with Crippen LogP contribution in [0.25, 0.3) is 0 Å². The number of rotatable bonds is 6. The fourth-order valence-corrected chi connectivity index (χ4v) is 2.34. The zero-order chi connectivity index (χ0) is 19.2. The number of nitrogens with one attached hydrogen (secondary N) is 1. The molecule has 0 heterocycles. The summed E-state index contributed by atoms with van der Waals surface area (Å²) < 4.78 is 41.4. The van der Waals surface area contributed by atoms with Gasteiger partial charge in [0.15, 0.2) is 11.7 Å². The van der Waals surface area contributed by atoms with Crippen LogP contribution in [0.2, 0.25) is 0 Å². The molecule has 0 unspecified atom stereocenters. The van der Waals surface area contributed by atoms with Gasteiger partial charge in [0.2, 0.25) is 0 Å². The summed E-state index contributed by atoms with van der Waals surface area (Å²) in [6, 6.07) is 13.4. The average molecular weight is 494 g/mol. The van der Waals surface area contributed by atoms with E-state index in [0.29, 0.717) is 6.54 Å². The minimum Gasteiger partial charge on any atom is -0.404 e. The standard InChI is InChI=1S/C18H21F3N4O.HI/c1-25(2)12-14-8-4-3-7-13(14)11-23-17(22)24-15-9-5-6-10-16(15)26-18(19,20)21;/h3-10H,11-12H2,1-2H3,(H3,22,23,24);1H. The van der Waals surface area contributed by atoms with Gasteiger partial charge in [-0.1, -0.05) is 36.4 Å². The number of ether oxygens (including phenoxy) is 1. The number of anilines is 1. The zero-order valence-corrected chi connectivity index (χ0v) is 17.3. The largest absolute Gasteiger partial charge is 0.573 e. The highest BCUT2D eigenvalue weighted by molar-refractivity contribution is 14.0. The molecule has 0 saturated heterocycles. The van der Waals surface area contributed by atoms with Crippen molar-refractivity contribution in [3.8, 4) is 5.75 Å². The summed E-state index contributed by atoms with van der Waals surface area (Å²) in [6.45, 7) is 1.06. The fraction of sp³-hybridized carbons (Fsp3) is 0.278. The van der Waals surface area contributed by atoms with E-state index >= 15 is 0 Å². The van der Waals surface area contributed by atoms with E-state index < -0.39 is 6.36 Å². The van der Waals surface area contributed by atoms with Crippen LogP contribution in [0.15, 0.2) is 53.5 Å². The normalized spacial score (nSPS) is 11.9. The highest BCUT2D eigenvalue weighted by Gasteiger charge is 2.32. The van der Waals surface area contributed by atoms with Crippen molar-refractivity contribution in [1.82, 2.24) is 4.90 Å². The molecule has 5 nitrogen and oxygen atoms in total. The van der Waals surface area contributed by atoms with Crippen LogP contribution in [0.3, 0.4) is 0 Å². The molecular weight excluding hydrogens is 472 g/mol. The van der Waals surface area contributed by atoms with E-state index in [1.807, 2.05) is 43.3 Å². The lowest BCUT2D eigenvalue weighted by Gasteiger charge is -2.15. The molecule has 0 aliphatic heterocycles. The number of aliphatic imine (C=N–C) groups is 1. The van der Waals surface area contributed by atoms with Gasteiger partial charge >= 0.3 is 6.36 Å². The molecule has 0 aromatic heterocycles. The average Bonchev–Trinajstić information content (AvgIpc) is 2.54. The Hall–Kier alpha value is -2.01. The Labute approximate surface area is 173 Å². The third-order valence-electron chi connectivity index (χ3n) is 3.40. The zero-order valence-electron chi connectivity index (χ0n) is 15.0. The quantitative estimate of drug-likeness (QED) is 0.359. The summed E-state index contributed by atoms with van der Waals surface area (Å²) in [5.74, 6) is -0.367. The van der Waals surface area contributed by atoms with Crippen LogP contribution >= 0.6 is 24.0 Å². The molecule has 9 heteroatoms. The summed E-state index contributed by atoms with van der Waals surface area (Å²) >= 11 is 0. The first kappa shape index (κ1) is 23.0. The van der Waals surface area contributed by atoms with E-state index in [2.05, 4.69) is 15.0 Å². The van der Waals surface area contributed by atoms with Gasteiger partial charge in [-0.2, -0.15) is 0 Å². The maximum atomic E-state index is 12.5. The number of para-hydroxylation sites is 2. The molecule has 2 aromatic carbocycles. The smallest absolute Gasteiger partial charge is 0.404 e. The first-order chi connectivity index (χ1) is 12.2. The number of benzene rings is 2. The lowest BCUT2D eigenvalue weighted by Crippen LogP contribution is -2.24. The van der Waals surface area contributed by atoms with E-state index in [0.717, 1.165) is 17.7 Å². The number of nitrogens with two attached hydrogens (primary N) is 1. The summed E-state index contributed by atoms with van der Waals surface area (Å²) in [6.07, 6.45) is -4.78. The minimum atomic E-state index is -4.78. The van der Waals surface area contributed by atoms with Crippen molar-refractivity contribution in [1.29, 1.82) is 0 Å². The van der Waals surface area contributed by atoms with Crippen molar-refractivity contribution in [2.75, 3.05) is 19.4 Å². The maximum absolute atomic E-state index is 12.5.